The molecular weight excluding hydrogens is 566 g/mol. The zero-order valence-corrected chi connectivity index (χ0v) is 24.4. The molecule has 0 radical (unpaired) electrons. The number of halogens is 2. The number of aryl methyl sites for hydroxylation is 1. The molecule has 0 aliphatic carbocycles. The van der Waals surface area contributed by atoms with Gasteiger partial charge in [0, 0.05) is 36.9 Å². The Morgan fingerprint density at radius 3 is 2.24 bits per heavy atom. The van der Waals surface area contributed by atoms with Gasteiger partial charge in [0.2, 0.25) is 0 Å². The van der Waals surface area contributed by atoms with Crippen molar-refractivity contribution in [1.82, 2.24) is 10.6 Å². The molecule has 0 saturated carbocycles. The lowest BCUT2D eigenvalue weighted by atomic mass is 9.99. The van der Waals surface area contributed by atoms with Gasteiger partial charge in [0.15, 0.2) is 15.6 Å². The summed E-state index contributed by atoms with van der Waals surface area (Å²) in [5.41, 5.74) is 2.18. The van der Waals surface area contributed by atoms with E-state index in [9.17, 15) is 31.9 Å². The van der Waals surface area contributed by atoms with Crippen molar-refractivity contribution in [3.05, 3.63) is 100 Å². The third-order valence-electron chi connectivity index (χ3n) is 6.75. The quantitative estimate of drug-likeness (QED) is 0.196. The second-order valence-electron chi connectivity index (χ2n) is 10.1. The van der Waals surface area contributed by atoms with E-state index >= 15 is 0 Å². The maximum absolute atomic E-state index is 13.9. The minimum Gasteiger partial charge on any atom is -0.396 e. The molecule has 2 atom stereocenters. The van der Waals surface area contributed by atoms with Crippen molar-refractivity contribution in [3.8, 4) is 0 Å². The third kappa shape index (κ3) is 9.52. The molecule has 11 heteroatoms. The monoisotopic (exact) mass is 602 g/mol. The minimum absolute atomic E-state index is 0.00880. The highest BCUT2D eigenvalue weighted by Gasteiger charge is 2.25. The van der Waals surface area contributed by atoms with Crippen LogP contribution in [-0.4, -0.2) is 61.4 Å². The summed E-state index contributed by atoms with van der Waals surface area (Å²) < 4.78 is 53.4. The minimum atomic E-state index is -3.92. The number of aliphatic hydroxyl groups is 2. The zero-order valence-electron chi connectivity index (χ0n) is 23.6. The summed E-state index contributed by atoms with van der Waals surface area (Å²) in [5.74, 6) is -3.26. The second kappa shape index (κ2) is 15.1. The summed E-state index contributed by atoms with van der Waals surface area (Å²) in [6.45, 7) is 3.37. The Kier molecular flexibility index (Phi) is 11.9. The fraction of sp³-hybridized carbons (Fsp3) is 0.355. The fourth-order valence-corrected chi connectivity index (χ4v) is 5.83. The molecule has 3 rings (SSSR count). The van der Waals surface area contributed by atoms with Crippen LogP contribution in [0.25, 0.3) is 0 Å². The van der Waals surface area contributed by atoms with E-state index in [2.05, 4.69) is 10.6 Å². The van der Waals surface area contributed by atoms with Crippen LogP contribution in [0.3, 0.4) is 0 Å². The molecule has 0 spiro atoms. The van der Waals surface area contributed by atoms with Crippen LogP contribution in [0.2, 0.25) is 0 Å². The van der Waals surface area contributed by atoms with Gasteiger partial charge >= 0.3 is 0 Å². The Balaban J connectivity index is 1.86. The lowest BCUT2D eigenvalue weighted by Crippen LogP contribution is -2.48. The molecule has 0 heterocycles. The van der Waals surface area contributed by atoms with Gasteiger partial charge in [-0.15, -0.1) is 0 Å². The van der Waals surface area contributed by atoms with E-state index in [0.29, 0.717) is 12.6 Å². The highest BCUT2D eigenvalue weighted by atomic mass is 32.2. The first kappa shape index (κ1) is 33.0. The summed E-state index contributed by atoms with van der Waals surface area (Å²) in [5, 5.41) is 25.9. The lowest BCUT2D eigenvalue weighted by molar-refractivity contribution is 0.0829. The number of nitrogens with one attached hydrogen (secondary N) is 2. The van der Waals surface area contributed by atoms with Crippen LogP contribution < -0.4 is 10.6 Å². The van der Waals surface area contributed by atoms with Crippen molar-refractivity contribution in [2.24, 2.45) is 0 Å². The topological polar surface area (TPSA) is 133 Å². The van der Waals surface area contributed by atoms with E-state index in [0.717, 1.165) is 35.7 Å². The second-order valence-corrected chi connectivity index (χ2v) is 12.2. The average Bonchev–Trinajstić information content (AvgIpc) is 2.95. The Bertz CT molecular complexity index is 1490. The highest BCUT2D eigenvalue weighted by Crippen LogP contribution is 2.19. The molecule has 4 N–H and O–H groups in total. The van der Waals surface area contributed by atoms with Crippen molar-refractivity contribution in [2.45, 2.75) is 56.7 Å². The first-order valence-corrected chi connectivity index (χ1v) is 15.3. The van der Waals surface area contributed by atoms with Gasteiger partial charge < -0.3 is 20.8 Å². The molecule has 0 aliphatic rings. The van der Waals surface area contributed by atoms with Crippen molar-refractivity contribution in [2.75, 3.05) is 18.9 Å². The van der Waals surface area contributed by atoms with E-state index in [1.165, 1.54) is 19.1 Å². The summed E-state index contributed by atoms with van der Waals surface area (Å²) in [4.78, 5) is 25.3. The Morgan fingerprint density at radius 1 is 0.929 bits per heavy atom. The molecular formula is C31H36F2N2O6S. The molecule has 0 aromatic heterocycles. The smallest absolute Gasteiger partial charge is 0.251 e. The first-order valence-electron chi connectivity index (χ1n) is 13.6. The Morgan fingerprint density at radius 2 is 1.60 bits per heavy atom. The molecule has 0 fully saturated rings. The van der Waals surface area contributed by atoms with E-state index < -0.39 is 45.3 Å². The number of carbonyl (C=O) groups is 2. The number of amides is 1. The average molecular weight is 603 g/mol. The van der Waals surface area contributed by atoms with Crippen LogP contribution in [-0.2, 0) is 29.2 Å². The summed E-state index contributed by atoms with van der Waals surface area (Å²) >= 11 is 0. The van der Waals surface area contributed by atoms with Gasteiger partial charge in [-0.25, -0.2) is 17.2 Å². The van der Waals surface area contributed by atoms with Gasteiger partial charge in [-0.2, -0.15) is 0 Å². The third-order valence-corrected chi connectivity index (χ3v) is 8.53. The van der Waals surface area contributed by atoms with E-state index in [4.69, 9.17) is 5.11 Å². The maximum Gasteiger partial charge on any atom is 0.251 e. The van der Waals surface area contributed by atoms with Crippen LogP contribution >= 0.6 is 0 Å². The fourth-order valence-electron chi connectivity index (χ4n) is 4.47. The number of Topliss-reactive ketones (excluding diaryl/α,β-unsaturated/α-hetero) is 1. The van der Waals surface area contributed by atoms with Gasteiger partial charge in [0.05, 0.1) is 22.8 Å². The SMILES string of the molecule is CCc1cccc(CNC[C@@H](O)[C@H](Cc2cc(F)cc(F)c2)NC(=O)c2cc(C(C)=O)cc(S(=O)(=O)CCCO)c2)c1. The van der Waals surface area contributed by atoms with Crippen LogP contribution in [0.4, 0.5) is 8.78 Å². The molecule has 3 aromatic carbocycles. The number of aliphatic hydroxyl groups excluding tert-OH is 2. The molecule has 0 bridgehead atoms. The summed E-state index contributed by atoms with van der Waals surface area (Å²) in [6.07, 6.45) is -0.506. The molecule has 1 amide bonds. The predicted molar refractivity (Wildman–Crippen MR) is 155 cm³/mol. The molecule has 3 aromatic rings. The van der Waals surface area contributed by atoms with Gasteiger partial charge in [-0.1, -0.05) is 31.2 Å². The number of hydrogen-bond donors (Lipinski definition) is 4. The molecule has 0 saturated heterocycles. The van der Waals surface area contributed by atoms with E-state index in [1.807, 2.05) is 31.2 Å². The zero-order chi connectivity index (χ0) is 30.9. The number of hydrogen-bond acceptors (Lipinski definition) is 7. The lowest BCUT2D eigenvalue weighted by Gasteiger charge is -2.25. The highest BCUT2D eigenvalue weighted by molar-refractivity contribution is 7.91. The summed E-state index contributed by atoms with van der Waals surface area (Å²) in [6, 6.07) is 13.3. The molecule has 8 nitrogen and oxygen atoms in total. The van der Waals surface area contributed by atoms with Crippen LogP contribution in [0.5, 0.6) is 0 Å². The van der Waals surface area contributed by atoms with E-state index in [1.54, 1.807) is 0 Å². The van der Waals surface area contributed by atoms with E-state index in [-0.39, 0.29) is 53.3 Å². The van der Waals surface area contributed by atoms with Crippen LogP contribution in [0.1, 0.15) is 57.7 Å². The van der Waals surface area contributed by atoms with Crippen molar-refractivity contribution >= 4 is 21.5 Å². The largest absolute Gasteiger partial charge is 0.396 e. The van der Waals surface area contributed by atoms with Crippen molar-refractivity contribution < 1.29 is 37.0 Å². The Labute approximate surface area is 244 Å². The standard InChI is InChI=1S/C31H36F2N2O6S/c1-3-21-6-4-7-22(10-21)18-34-19-30(38)29(13-23-11-26(32)17-27(33)12-23)35-31(39)25-14-24(20(2)37)15-28(16-25)42(40,41)9-5-8-36/h4,6-7,10-12,14-17,29-30,34,36,38H,3,5,8-9,13,18-19H2,1-2H3,(H,35,39)/t29-,30+/m0/s1. The molecule has 0 unspecified atom stereocenters. The van der Waals surface area contributed by atoms with Crippen LogP contribution in [0.15, 0.2) is 65.6 Å². The normalized spacial score (nSPS) is 13.0. The predicted octanol–water partition coefficient (Wildman–Crippen LogP) is 3.38. The number of rotatable bonds is 15. The molecule has 0 aliphatic heterocycles. The van der Waals surface area contributed by atoms with Crippen molar-refractivity contribution in [1.29, 1.82) is 0 Å². The number of sulfone groups is 1. The number of ketones is 1. The summed E-state index contributed by atoms with van der Waals surface area (Å²) in [7, 11) is -3.92. The van der Waals surface area contributed by atoms with Gasteiger partial charge in [-0.05, 0) is 73.2 Å². The van der Waals surface area contributed by atoms with Gasteiger partial charge in [0.1, 0.15) is 11.6 Å². The molecule has 42 heavy (non-hydrogen) atoms. The number of benzene rings is 3. The van der Waals surface area contributed by atoms with Crippen molar-refractivity contribution in [3.63, 3.8) is 0 Å². The van der Waals surface area contributed by atoms with Gasteiger partial charge in [0.25, 0.3) is 5.91 Å². The number of carbonyl (C=O) groups excluding carboxylic acids is 2. The van der Waals surface area contributed by atoms with Crippen LogP contribution in [0, 0.1) is 11.6 Å². The first-order chi connectivity index (χ1) is 19.9. The Hall–Kier alpha value is -3.51. The van der Waals surface area contributed by atoms with Gasteiger partial charge in [-0.3, -0.25) is 9.59 Å². The maximum atomic E-state index is 13.9. The molecule has 226 valence electrons.